The Morgan fingerprint density at radius 1 is 0.500 bits per heavy atom. The number of allylic oxidation sites excluding steroid dienone is 2. The number of fused-ring (bicyclic) bond motifs is 8. The van der Waals surface area contributed by atoms with Crippen LogP contribution in [0.4, 0.5) is 35.1 Å². The number of halogens is 8. The molecule has 34 heavy (non-hydrogen) atoms. The van der Waals surface area contributed by atoms with Crippen LogP contribution in [-0.2, 0) is 0 Å². The van der Waals surface area contributed by atoms with E-state index in [2.05, 4.69) is 0 Å². The summed E-state index contributed by atoms with van der Waals surface area (Å²) in [6, 6.07) is 12.1. The number of benzene rings is 2. The van der Waals surface area contributed by atoms with Crippen molar-refractivity contribution in [3.63, 3.8) is 0 Å². The number of alkyl halides is 8. The van der Waals surface area contributed by atoms with Crippen LogP contribution in [0.2, 0.25) is 0 Å². The first-order chi connectivity index (χ1) is 15.6. The molecule has 0 bridgehead atoms. The summed E-state index contributed by atoms with van der Waals surface area (Å²) in [5.41, 5.74) is -4.08. The van der Waals surface area contributed by atoms with Crippen molar-refractivity contribution in [2.24, 2.45) is 0 Å². The van der Waals surface area contributed by atoms with E-state index in [1.807, 2.05) is 0 Å². The van der Waals surface area contributed by atoms with Crippen LogP contribution in [0.1, 0.15) is 25.0 Å². The van der Waals surface area contributed by atoms with E-state index in [0.29, 0.717) is 9.79 Å². The summed E-state index contributed by atoms with van der Waals surface area (Å²) in [6.45, 7) is 3.07. The predicted octanol–water partition coefficient (Wildman–Crippen LogP) is 8.19. The summed E-state index contributed by atoms with van der Waals surface area (Å²) in [5, 5.41) is 0. The van der Waals surface area contributed by atoms with Gasteiger partial charge in [0, 0.05) is 20.9 Å². The highest BCUT2D eigenvalue weighted by Gasteiger charge is 2.88. The van der Waals surface area contributed by atoms with Crippen molar-refractivity contribution in [3.8, 4) is 0 Å². The molecule has 1 saturated carbocycles. The fourth-order valence-corrected chi connectivity index (χ4v) is 8.79. The van der Waals surface area contributed by atoms with E-state index >= 15 is 17.6 Å². The van der Waals surface area contributed by atoms with E-state index in [1.54, 1.807) is 24.3 Å². The van der Waals surface area contributed by atoms with Crippen molar-refractivity contribution in [2.75, 3.05) is 0 Å². The fraction of sp³-hybridized carbons (Fsp3) is 0.333. The van der Waals surface area contributed by atoms with E-state index in [4.69, 9.17) is 0 Å². The Morgan fingerprint density at radius 2 is 0.824 bits per heavy atom. The SMILES string of the molecule is CC12Sc3ccccc3C1=C1C(=C3c4ccccc4SC32C)C(F)(F)C(F)(F)C(F)(F)C1(F)F. The first kappa shape index (κ1) is 22.5. The molecular weight excluding hydrogens is 504 g/mol. The van der Waals surface area contributed by atoms with Gasteiger partial charge in [-0.15, -0.1) is 23.5 Å². The van der Waals surface area contributed by atoms with Gasteiger partial charge in [-0.1, -0.05) is 36.4 Å². The molecule has 0 aromatic heterocycles. The molecule has 4 aliphatic rings. The van der Waals surface area contributed by atoms with Crippen LogP contribution in [-0.4, -0.2) is 33.2 Å². The molecule has 6 rings (SSSR count). The van der Waals surface area contributed by atoms with Crippen LogP contribution in [0.5, 0.6) is 0 Å². The summed E-state index contributed by atoms with van der Waals surface area (Å²) in [6.07, 6.45) is 0. The molecule has 178 valence electrons. The van der Waals surface area contributed by atoms with Crippen molar-refractivity contribution < 1.29 is 35.1 Å². The lowest BCUT2D eigenvalue weighted by Crippen LogP contribution is -2.69. The highest BCUT2D eigenvalue weighted by atomic mass is 32.2. The fourth-order valence-electron chi connectivity index (χ4n) is 5.58. The van der Waals surface area contributed by atoms with Crippen LogP contribution in [0.25, 0.3) is 11.1 Å². The Labute approximate surface area is 197 Å². The molecule has 0 spiro atoms. The summed E-state index contributed by atoms with van der Waals surface area (Å²) >= 11 is 2.20. The van der Waals surface area contributed by atoms with Gasteiger partial charge in [0.1, 0.15) is 0 Å². The van der Waals surface area contributed by atoms with E-state index < -0.39 is 55.5 Å². The Kier molecular flexibility index (Phi) is 4.01. The third-order valence-electron chi connectivity index (χ3n) is 7.37. The lowest BCUT2D eigenvalue weighted by atomic mass is 9.62. The molecular formula is C24H14F8S2. The molecule has 0 radical (unpaired) electrons. The third kappa shape index (κ3) is 2.10. The molecule has 2 aromatic rings. The largest absolute Gasteiger partial charge is 0.382 e. The van der Waals surface area contributed by atoms with E-state index in [-0.39, 0.29) is 11.1 Å². The summed E-state index contributed by atoms with van der Waals surface area (Å²) < 4.78 is 118. The summed E-state index contributed by atoms with van der Waals surface area (Å²) in [7, 11) is 0. The van der Waals surface area contributed by atoms with Crippen molar-refractivity contribution in [3.05, 3.63) is 70.8 Å². The smallest absolute Gasteiger partial charge is 0.194 e. The minimum absolute atomic E-state index is 0.0795. The Bertz CT molecular complexity index is 1250. The summed E-state index contributed by atoms with van der Waals surface area (Å²) in [5.74, 6) is -23.7. The second-order valence-electron chi connectivity index (χ2n) is 9.06. The topological polar surface area (TPSA) is 0 Å². The Morgan fingerprint density at radius 3 is 1.18 bits per heavy atom. The minimum atomic E-state index is -6.31. The first-order valence-corrected chi connectivity index (χ1v) is 11.9. The average molecular weight is 518 g/mol. The normalized spacial score (nSPS) is 33.1. The molecule has 2 atom stereocenters. The van der Waals surface area contributed by atoms with E-state index in [0.717, 1.165) is 23.5 Å². The van der Waals surface area contributed by atoms with Gasteiger partial charge in [-0.2, -0.15) is 35.1 Å². The number of hydrogen-bond acceptors (Lipinski definition) is 2. The zero-order valence-corrected chi connectivity index (χ0v) is 19.1. The van der Waals surface area contributed by atoms with Crippen LogP contribution in [0.15, 0.2) is 69.5 Å². The predicted molar refractivity (Wildman–Crippen MR) is 115 cm³/mol. The van der Waals surface area contributed by atoms with Crippen molar-refractivity contribution in [2.45, 2.75) is 56.8 Å². The Balaban J connectivity index is 1.87. The zero-order valence-electron chi connectivity index (χ0n) is 17.5. The average Bonchev–Trinajstić information content (AvgIpc) is 3.23. The zero-order chi connectivity index (χ0) is 24.7. The molecule has 0 nitrogen and oxygen atoms in total. The third-order valence-corrected chi connectivity index (χ3v) is 10.7. The van der Waals surface area contributed by atoms with Crippen LogP contribution >= 0.6 is 23.5 Å². The van der Waals surface area contributed by atoms with Gasteiger partial charge < -0.3 is 0 Å². The number of rotatable bonds is 0. The molecule has 2 aliphatic heterocycles. The molecule has 2 aromatic carbocycles. The molecule has 2 heterocycles. The first-order valence-electron chi connectivity index (χ1n) is 10.2. The van der Waals surface area contributed by atoms with Gasteiger partial charge in [-0.25, -0.2) is 0 Å². The lowest BCUT2D eigenvalue weighted by Gasteiger charge is -2.53. The van der Waals surface area contributed by atoms with Crippen LogP contribution in [0.3, 0.4) is 0 Å². The maximum atomic E-state index is 15.5. The second-order valence-corrected chi connectivity index (χ2v) is 12.0. The highest BCUT2D eigenvalue weighted by molar-refractivity contribution is 8.06. The maximum absolute atomic E-state index is 15.5. The quantitative estimate of drug-likeness (QED) is 0.323. The molecule has 10 heteroatoms. The van der Waals surface area contributed by atoms with E-state index in [9.17, 15) is 17.6 Å². The number of hydrogen-bond donors (Lipinski definition) is 0. The van der Waals surface area contributed by atoms with Crippen molar-refractivity contribution in [1.82, 2.24) is 0 Å². The molecule has 0 amide bonds. The molecule has 0 N–H and O–H groups in total. The van der Waals surface area contributed by atoms with Crippen LogP contribution < -0.4 is 0 Å². The maximum Gasteiger partial charge on any atom is 0.382 e. The van der Waals surface area contributed by atoms with Crippen molar-refractivity contribution in [1.29, 1.82) is 0 Å². The molecule has 2 unspecified atom stereocenters. The monoisotopic (exact) mass is 518 g/mol. The highest BCUT2D eigenvalue weighted by Crippen LogP contribution is 2.77. The lowest BCUT2D eigenvalue weighted by molar-refractivity contribution is -0.360. The molecule has 1 fully saturated rings. The van der Waals surface area contributed by atoms with Gasteiger partial charge in [-0.3, -0.25) is 0 Å². The summed E-state index contributed by atoms with van der Waals surface area (Å²) in [4.78, 5) is 0.872. The Hall–Kier alpha value is -1.94. The van der Waals surface area contributed by atoms with Crippen molar-refractivity contribution >= 4 is 34.7 Å². The minimum Gasteiger partial charge on any atom is -0.194 e. The van der Waals surface area contributed by atoms with Gasteiger partial charge >= 0.3 is 23.7 Å². The standard InChI is InChI=1S/C24H14F8S2/c1-19-15(11-7-3-5-9-13(11)33-19)17-18(16-12-8-4-6-10-14(12)34-20(16,19)2)22(27,28)24(31,32)23(29,30)21(17,25)26/h3-10H,1-2H3. The van der Waals surface area contributed by atoms with Gasteiger partial charge in [0.05, 0.1) is 9.49 Å². The van der Waals surface area contributed by atoms with Gasteiger partial charge in [-0.05, 0) is 48.3 Å². The molecule has 0 saturated heterocycles. The van der Waals surface area contributed by atoms with Crippen LogP contribution in [0, 0.1) is 0 Å². The number of thioether (sulfide) groups is 2. The van der Waals surface area contributed by atoms with Gasteiger partial charge in [0.15, 0.2) is 0 Å². The van der Waals surface area contributed by atoms with E-state index in [1.165, 1.54) is 38.1 Å². The van der Waals surface area contributed by atoms with Gasteiger partial charge in [0.25, 0.3) is 0 Å². The molecule has 2 aliphatic carbocycles. The second kappa shape index (κ2) is 6.06. The van der Waals surface area contributed by atoms with Gasteiger partial charge in [0.2, 0.25) is 0 Å².